The third-order valence-corrected chi connectivity index (χ3v) is 7.94. The standard InChI is InChI=1S/C21H26N4O9S2/c1-35(29,30)18-6-2-16(3-7-18)34-17-4-8-19(9-5-17)36(31,32)25(15-21(27)23-28)14-20(26)22-24-10-12-33-13-11-24/h2-9,28H,10-15H2,1H3,(H,22,26)(H,23,27). The molecule has 0 aliphatic carbocycles. The number of carbonyl (C=O) groups excluding carboxylic acids is 2. The molecule has 1 aliphatic rings. The van der Waals surface area contributed by atoms with Crippen LogP contribution in [0, 0.1) is 0 Å². The van der Waals surface area contributed by atoms with Crippen molar-refractivity contribution >= 4 is 31.7 Å². The highest BCUT2D eigenvalue weighted by atomic mass is 32.2. The van der Waals surface area contributed by atoms with Crippen LogP contribution in [0.5, 0.6) is 11.5 Å². The Bertz CT molecular complexity index is 1280. The van der Waals surface area contributed by atoms with Crippen LogP contribution in [0.1, 0.15) is 0 Å². The van der Waals surface area contributed by atoms with E-state index in [-0.39, 0.29) is 15.5 Å². The van der Waals surface area contributed by atoms with E-state index >= 15 is 0 Å². The van der Waals surface area contributed by atoms with Crippen molar-refractivity contribution in [2.75, 3.05) is 45.6 Å². The molecule has 3 rings (SSSR count). The summed E-state index contributed by atoms with van der Waals surface area (Å²) in [5.41, 5.74) is 3.93. The number of sulfonamides is 1. The molecule has 0 spiro atoms. The minimum Gasteiger partial charge on any atom is -0.457 e. The van der Waals surface area contributed by atoms with Gasteiger partial charge in [-0.2, -0.15) is 4.31 Å². The van der Waals surface area contributed by atoms with Gasteiger partial charge in [0.2, 0.25) is 15.9 Å². The fourth-order valence-corrected chi connectivity index (χ4v) is 5.17. The van der Waals surface area contributed by atoms with Crippen LogP contribution in [0.4, 0.5) is 0 Å². The van der Waals surface area contributed by atoms with E-state index in [4.69, 9.17) is 14.7 Å². The first kappa shape index (κ1) is 27.5. The van der Waals surface area contributed by atoms with Gasteiger partial charge in [-0.3, -0.25) is 20.2 Å². The van der Waals surface area contributed by atoms with Gasteiger partial charge in [-0.05, 0) is 48.5 Å². The molecule has 196 valence electrons. The normalized spacial score (nSPS) is 14.9. The van der Waals surface area contributed by atoms with Gasteiger partial charge in [-0.15, -0.1) is 0 Å². The molecule has 36 heavy (non-hydrogen) atoms. The van der Waals surface area contributed by atoms with Crippen molar-refractivity contribution in [1.82, 2.24) is 20.2 Å². The number of benzene rings is 2. The molecule has 0 unspecified atom stereocenters. The lowest BCUT2D eigenvalue weighted by Crippen LogP contribution is -2.52. The van der Waals surface area contributed by atoms with Gasteiger partial charge in [-0.25, -0.2) is 27.3 Å². The van der Waals surface area contributed by atoms with Gasteiger partial charge in [0, 0.05) is 19.3 Å². The van der Waals surface area contributed by atoms with Crippen molar-refractivity contribution in [1.29, 1.82) is 0 Å². The minimum atomic E-state index is -4.32. The molecule has 1 heterocycles. The zero-order valence-electron chi connectivity index (χ0n) is 19.3. The van der Waals surface area contributed by atoms with Gasteiger partial charge < -0.3 is 9.47 Å². The highest BCUT2D eigenvalue weighted by molar-refractivity contribution is 7.90. The zero-order valence-corrected chi connectivity index (χ0v) is 20.9. The number of morpholine rings is 1. The summed E-state index contributed by atoms with van der Waals surface area (Å²) in [6.45, 7) is 0.206. The molecule has 0 saturated carbocycles. The van der Waals surface area contributed by atoms with Crippen LogP contribution in [0.15, 0.2) is 58.3 Å². The predicted molar refractivity (Wildman–Crippen MR) is 125 cm³/mol. The molecule has 0 atom stereocenters. The summed E-state index contributed by atoms with van der Waals surface area (Å²) in [6.07, 6.45) is 1.09. The van der Waals surface area contributed by atoms with Crippen molar-refractivity contribution in [3.05, 3.63) is 48.5 Å². The molecule has 2 aromatic rings. The lowest BCUT2D eigenvalue weighted by atomic mass is 10.3. The van der Waals surface area contributed by atoms with Crippen LogP contribution in [0.2, 0.25) is 0 Å². The van der Waals surface area contributed by atoms with Crippen molar-refractivity contribution in [3.63, 3.8) is 0 Å². The molecule has 2 amide bonds. The lowest BCUT2D eigenvalue weighted by Gasteiger charge is -2.28. The number of hydroxylamine groups is 1. The van der Waals surface area contributed by atoms with Crippen molar-refractivity contribution < 1.29 is 41.1 Å². The van der Waals surface area contributed by atoms with Crippen molar-refractivity contribution in [3.8, 4) is 11.5 Å². The monoisotopic (exact) mass is 542 g/mol. The summed E-state index contributed by atoms with van der Waals surface area (Å²) in [4.78, 5) is 24.1. The Labute approximate surface area is 208 Å². The highest BCUT2D eigenvalue weighted by Gasteiger charge is 2.29. The molecule has 0 aromatic heterocycles. The quantitative estimate of drug-likeness (QED) is 0.268. The van der Waals surface area contributed by atoms with Crippen LogP contribution in [0.25, 0.3) is 0 Å². The number of rotatable bonds is 10. The first-order chi connectivity index (χ1) is 17.0. The van der Waals surface area contributed by atoms with Gasteiger partial charge in [0.15, 0.2) is 9.84 Å². The number of hydrazine groups is 1. The zero-order chi connectivity index (χ0) is 26.3. The maximum atomic E-state index is 13.2. The van der Waals surface area contributed by atoms with Crippen molar-refractivity contribution in [2.45, 2.75) is 9.79 Å². The number of nitrogens with one attached hydrogen (secondary N) is 2. The number of hydrogen-bond donors (Lipinski definition) is 3. The maximum Gasteiger partial charge on any atom is 0.258 e. The minimum absolute atomic E-state index is 0.126. The first-order valence-corrected chi connectivity index (χ1v) is 14.0. The number of nitrogens with zero attached hydrogens (tertiary/aromatic N) is 2. The summed E-state index contributed by atoms with van der Waals surface area (Å²) in [6, 6.07) is 10.9. The average molecular weight is 543 g/mol. The summed E-state index contributed by atoms with van der Waals surface area (Å²) in [7, 11) is -7.68. The van der Waals surface area contributed by atoms with E-state index in [0.717, 1.165) is 6.26 Å². The number of hydrogen-bond acceptors (Lipinski definition) is 10. The summed E-state index contributed by atoms with van der Waals surface area (Å²) in [5, 5.41) is 10.4. The van der Waals surface area contributed by atoms with E-state index < -0.39 is 44.8 Å². The Morgan fingerprint density at radius 2 is 1.42 bits per heavy atom. The number of amides is 2. The smallest absolute Gasteiger partial charge is 0.258 e. The number of sulfone groups is 1. The SMILES string of the molecule is CS(=O)(=O)c1ccc(Oc2ccc(S(=O)(=O)N(CC(=O)NO)CC(=O)NN3CCOCC3)cc2)cc1. The Morgan fingerprint density at radius 3 is 1.92 bits per heavy atom. The molecule has 0 radical (unpaired) electrons. The number of ether oxygens (including phenoxy) is 2. The predicted octanol–water partition coefficient (Wildman–Crippen LogP) is -0.258. The summed E-state index contributed by atoms with van der Waals surface area (Å²) < 4.78 is 60.9. The first-order valence-electron chi connectivity index (χ1n) is 10.6. The van der Waals surface area contributed by atoms with Crippen LogP contribution < -0.4 is 15.6 Å². The van der Waals surface area contributed by atoms with Crippen molar-refractivity contribution in [2.24, 2.45) is 0 Å². The van der Waals surface area contributed by atoms with Crippen LogP contribution in [-0.4, -0.2) is 88.8 Å². The van der Waals surface area contributed by atoms with Crippen LogP contribution >= 0.6 is 0 Å². The summed E-state index contributed by atoms with van der Waals surface area (Å²) >= 11 is 0. The Hall–Kier alpha value is -3.08. The molecule has 1 fully saturated rings. The fraction of sp³-hybridized carbons (Fsp3) is 0.333. The summed E-state index contributed by atoms with van der Waals surface area (Å²) in [5.74, 6) is -1.08. The Morgan fingerprint density at radius 1 is 0.917 bits per heavy atom. The van der Waals surface area contributed by atoms with E-state index in [1.165, 1.54) is 54.0 Å². The van der Waals surface area contributed by atoms with E-state index in [0.29, 0.717) is 36.4 Å². The highest BCUT2D eigenvalue weighted by Crippen LogP contribution is 2.25. The molecule has 2 aromatic carbocycles. The largest absolute Gasteiger partial charge is 0.457 e. The third-order valence-electron chi connectivity index (χ3n) is 5.01. The van der Waals surface area contributed by atoms with E-state index in [1.54, 1.807) is 5.01 Å². The molecular formula is C21H26N4O9S2. The van der Waals surface area contributed by atoms with E-state index in [2.05, 4.69) is 5.43 Å². The van der Waals surface area contributed by atoms with Gasteiger partial charge in [0.1, 0.15) is 11.5 Å². The molecule has 15 heteroatoms. The third kappa shape index (κ3) is 7.46. The van der Waals surface area contributed by atoms with Gasteiger partial charge in [-0.1, -0.05) is 0 Å². The Kier molecular flexibility index (Phi) is 8.99. The van der Waals surface area contributed by atoms with Crippen LogP contribution in [0.3, 0.4) is 0 Å². The maximum absolute atomic E-state index is 13.2. The molecule has 1 aliphatic heterocycles. The van der Waals surface area contributed by atoms with Crippen LogP contribution in [-0.2, 0) is 34.2 Å². The molecule has 1 saturated heterocycles. The Balaban J connectivity index is 1.73. The van der Waals surface area contributed by atoms with E-state index in [9.17, 15) is 26.4 Å². The van der Waals surface area contributed by atoms with Gasteiger partial charge in [0.25, 0.3) is 5.91 Å². The second-order valence-electron chi connectivity index (χ2n) is 7.76. The average Bonchev–Trinajstić information content (AvgIpc) is 2.84. The molecular weight excluding hydrogens is 516 g/mol. The topological polar surface area (TPSA) is 172 Å². The van der Waals surface area contributed by atoms with Gasteiger partial charge >= 0.3 is 0 Å². The molecule has 0 bridgehead atoms. The molecule has 3 N–H and O–H groups in total. The molecule has 13 nitrogen and oxygen atoms in total. The second-order valence-corrected chi connectivity index (χ2v) is 11.7. The lowest BCUT2D eigenvalue weighted by molar-refractivity contribution is -0.131. The number of carbonyl (C=O) groups is 2. The second kappa shape index (κ2) is 11.8. The fourth-order valence-electron chi connectivity index (χ4n) is 3.19. The van der Waals surface area contributed by atoms with E-state index in [1.807, 2.05) is 0 Å². The van der Waals surface area contributed by atoms with Gasteiger partial charge in [0.05, 0.1) is 36.1 Å².